The molecule has 1 aliphatic carbocycles. The highest BCUT2D eigenvalue weighted by Crippen LogP contribution is 2.34. The van der Waals surface area contributed by atoms with Gasteiger partial charge in [-0.15, -0.1) is 0 Å². The van der Waals surface area contributed by atoms with Crippen molar-refractivity contribution in [3.8, 4) is 0 Å². The second kappa shape index (κ2) is 6.25. The average Bonchev–Trinajstić information content (AvgIpc) is 2.54. The molecule has 1 N–H and O–H groups in total. The molecule has 0 aromatic heterocycles. The van der Waals surface area contributed by atoms with E-state index < -0.39 is 0 Å². The van der Waals surface area contributed by atoms with Gasteiger partial charge < -0.3 is 10.1 Å². The Kier molecular flexibility index (Phi) is 4.39. The summed E-state index contributed by atoms with van der Waals surface area (Å²) in [5, 5.41) is 3.56. The molecule has 2 atom stereocenters. The Morgan fingerprint density at radius 3 is 2.60 bits per heavy atom. The molecule has 2 aliphatic rings. The number of ether oxygens (including phenoxy) is 1. The van der Waals surface area contributed by atoms with Gasteiger partial charge in [0.05, 0.1) is 6.10 Å². The third kappa shape index (κ3) is 2.62. The number of likely N-dealkylation sites (N-methyl/N-ethyl adjacent to an activating group) is 1. The SMILES string of the molecule is CNC1c2ccccc2CCC1N1CCC(OC)CC1. The van der Waals surface area contributed by atoms with E-state index in [1.54, 1.807) is 0 Å². The van der Waals surface area contributed by atoms with Crippen molar-refractivity contribution in [2.75, 3.05) is 27.2 Å². The topological polar surface area (TPSA) is 24.5 Å². The highest BCUT2D eigenvalue weighted by Gasteiger charge is 2.34. The van der Waals surface area contributed by atoms with Crippen LogP contribution in [0.25, 0.3) is 0 Å². The Hall–Kier alpha value is -0.900. The summed E-state index contributed by atoms with van der Waals surface area (Å²) in [5.74, 6) is 0. The molecule has 0 amide bonds. The lowest BCUT2D eigenvalue weighted by atomic mass is 9.82. The molecular weight excluding hydrogens is 248 g/mol. The molecule has 1 saturated heterocycles. The molecule has 0 saturated carbocycles. The van der Waals surface area contributed by atoms with E-state index in [0.29, 0.717) is 18.2 Å². The maximum Gasteiger partial charge on any atom is 0.0595 e. The van der Waals surface area contributed by atoms with E-state index in [0.717, 1.165) is 0 Å². The molecule has 3 nitrogen and oxygen atoms in total. The highest BCUT2D eigenvalue weighted by atomic mass is 16.5. The molecule has 1 aromatic rings. The van der Waals surface area contributed by atoms with Crippen LogP contribution in [0, 0.1) is 0 Å². The molecule has 0 bridgehead atoms. The fourth-order valence-electron chi connectivity index (χ4n) is 3.93. The Morgan fingerprint density at radius 2 is 1.90 bits per heavy atom. The van der Waals surface area contributed by atoms with Crippen molar-refractivity contribution in [1.29, 1.82) is 0 Å². The maximum atomic E-state index is 5.49. The molecule has 1 aromatic carbocycles. The number of nitrogens with one attached hydrogen (secondary N) is 1. The van der Waals surface area contributed by atoms with E-state index in [-0.39, 0.29) is 0 Å². The van der Waals surface area contributed by atoms with Crippen LogP contribution in [0.4, 0.5) is 0 Å². The zero-order valence-electron chi connectivity index (χ0n) is 12.6. The zero-order valence-corrected chi connectivity index (χ0v) is 12.6. The molecule has 110 valence electrons. The van der Waals surface area contributed by atoms with Crippen LogP contribution in [0.15, 0.2) is 24.3 Å². The molecule has 20 heavy (non-hydrogen) atoms. The van der Waals surface area contributed by atoms with Crippen molar-refractivity contribution >= 4 is 0 Å². The second-order valence-electron chi connectivity index (χ2n) is 6.04. The summed E-state index contributed by atoms with van der Waals surface area (Å²) in [6.45, 7) is 2.34. The van der Waals surface area contributed by atoms with Gasteiger partial charge in [0.15, 0.2) is 0 Å². The van der Waals surface area contributed by atoms with Gasteiger partial charge in [0.25, 0.3) is 0 Å². The zero-order chi connectivity index (χ0) is 13.9. The molecule has 3 rings (SSSR count). The maximum absolute atomic E-state index is 5.49. The number of hydrogen-bond donors (Lipinski definition) is 1. The van der Waals surface area contributed by atoms with Crippen LogP contribution in [-0.4, -0.2) is 44.3 Å². The van der Waals surface area contributed by atoms with Crippen LogP contribution in [-0.2, 0) is 11.2 Å². The minimum absolute atomic E-state index is 0.468. The van der Waals surface area contributed by atoms with Crippen LogP contribution in [0.3, 0.4) is 0 Å². The molecule has 1 aliphatic heterocycles. The predicted octanol–water partition coefficient (Wildman–Crippen LogP) is 2.37. The third-order valence-electron chi connectivity index (χ3n) is 5.07. The lowest BCUT2D eigenvalue weighted by Gasteiger charge is -2.43. The summed E-state index contributed by atoms with van der Waals surface area (Å²) in [5.41, 5.74) is 3.02. The minimum Gasteiger partial charge on any atom is -0.381 e. The molecule has 2 unspecified atom stereocenters. The number of likely N-dealkylation sites (tertiary alicyclic amines) is 1. The highest BCUT2D eigenvalue weighted by molar-refractivity contribution is 5.34. The third-order valence-corrected chi connectivity index (χ3v) is 5.07. The number of fused-ring (bicyclic) bond motifs is 1. The van der Waals surface area contributed by atoms with Gasteiger partial charge in [0.1, 0.15) is 0 Å². The van der Waals surface area contributed by atoms with Crippen LogP contribution in [0.2, 0.25) is 0 Å². The van der Waals surface area contributed by atoms with Crippen LogP contribution in [0.5, 0.6) is 0 Å². The van der Waals surface area contributed by atoms with Gasteiger partial charge in [-0.2, -0.15) is 0 Å². The lowest BCUT2D eigenvalue weighted by Crippen LogP contribution is -2.50. The van der Waals surface area contributed by atoms with Crippen LogP contribution >= 0.6 is 0 Å². The van der Waals surface area contributed by atoms with Gasteiger partial charge in [-0.3, -0.25) is 4.90 Å². The van der Waals surface area contributed by atoms with Crippen molar-refractivity contribution in [1.82, 2.24) is 10.2 Å². The Bertz CT molecular complexity index is 440. The molecule has 1 fully saturated rings. The Morgan fingerprint density at radius 1 is 1.15 bits per heavy atom. The van der Waals surface area contributed by atoms with Gasteiger partial charge in [-0.25, -0.2) is 0 Å². The standard InChI is InChI=1S/C17H26N2O/c1-18-17-15-6-4-3-5-13(15)7-8-16(17)19-11-9-14(20-2)10-12-19/h3-6,14,16-18H,7-12H2,1-2H3. The summed E-state index contributed by atoms with van der Waals surface area (Å²) in [4.78, 5) is 2.67. The fourth-order valence-corrected chi connectivity index (χ4v) is 3.93. The quantitative estimate of drug-likeness (QED) is 0.916. The normalized spacial score (nSPS) is 28.3. The van der Waals surface area contributed by atoms with Crippen LogP contribution in [0.1, 0.15) is 36.4 Å². The van der Waals surface area contributed by atoms with Gasteiger partial charge >= 0.3 is 0 Å². The molecular formula is C17H26N2O. The first-order valence-electron chi connectivity index (χ1n) is 7.85. The van der Waals surface area contributed by atoms with Crippen molar-refractivity contribution in [3.05, 3.63) is 35.4 Å². The molecule has 0 radical (unpaired) electrons. The van der Waals surface area contributed by atoms with Gasteiger partial charge in [-0.05, 0) is 43.9 Å². The van der Waals surface area contributed by atoms with Crippen molar-refractivity contribution in [3.63, 3.8) is 0 Å². The Balaban J connectivity index is 1.75. The monoisotopic (exact) mass is 274 g/mol. The van der Waals surface area contributed by atoms with E-state index in [1.165, 1.54) is 49.9 Å². The number of hydrogen-bond acceptors (Lipinski definition) is 3. The van der Waals surface area contributed by atoms with E-state index in [1.807, 2.05) is 7.11 Å². The summed E-state index contributed by atoms with van der Waals surface area (Å²) in [7, 11) is 3.94. The largest absolute Gasteiger partial charge is 0.381 e. The van der Waals surface area contributed by atoms with Crippen molar-refractivity contribution in [2.24, 2.45) is 0 Å². The molecule has 3 heteroatoms. The first kappa shape index (κ1) is 14.1. The summed E-state index contributed by atoms with van der Waals surface area (Å²) in [6, 6.07) is 10.0. The second-order valence-corrected chi connectivity index (χ2v) is 6.04. The number of rotatable bonds is 3. The van der Waals surface area contributed by atoms with Gasteiger partial charge in [0, 0.05) is 32.3 Å². The first-order valence-corrected chi connectivity index (χ1v) is 7.85. The Labute approximate surface area is 122 Å². The lowest BCUT2D eigenvalue weighted by molar-refractivity contribution is 0.0178. The van der Waals surface area contributed by atoms with E-state index in [2.05, 4.69) is 41.5 Å². The first-order chi connectivity index (χ1) is 9.83. The summed E-state index contributed by atoms with van der Waals surface area (Å²) in [6.07, 6.45) is 5.29. The number of aryl methyl sites for hydroxylation is 1. The number of nitrogens with zero attached hydrogens (tertiary/aromatic N) is 1. The number of benzene rings is 1. The van der Waals surface area contributed by atoms with Crippen molar-refractivity contribution < 1.29 is 4.74 Å². The van der Waals surface area contributed by atoms with Crippen molar-refractivity contribution in [2.45, 2.75) is 43.9 Å². The van der Waals surface area contributed by atoms with E-state index >= 15 is 0 Å². The van der Waals surface area contributed by atoms with E-state index in [4.69, 9.17) is 4.74 Å². The average molecular weight is 274 g/mol. The summed E-state index contributed by atoms with van der Waals surface area (Å²) < 4.78 is 5.49. The number of piperidine rings is 1. The fraction of sp³-hybridized carbons (Fsp3) is 0.647. The number of methoxy groups -OCH3 is 1. The van der Waals surface area contributed by atoms with Gasteiger partial charge in [0.2, 0.25) is 0 Å². The van der Waals surface area contributed by atoms with Crippen LogP contribution < -0.4 is 5.32 Å². The molecule has 0 spiro atoms. The van der Waals surface area contributed by atoms with E-state index in [9.17, 15) is 0 Å². The minimum atomic E-state index is 0.468. The summed E-state index contributed by atoms with van der Waals surface area (Å²) >= 11 is 0. The molecule has 1 heterocycles. The van der Waals surface area contributed by atoms with Gasteiger partial charge in [-0.1, -0.05) is 24.3 Å². The smallest absolute Gasteiger partial charge is 0.0595 e. The predicted molar refractivity (Wildman–Crippen MR) is 82.0 cm³/mol.